The molecule has 1 saturated heterocycles. The highest BCUT2D eigenvalue weighted by Gasteiger charge is 2.27. The number of amides is 2. The van der Waals surface area contributed by atoms with Gasteiger partial charge in [0.05, 0.1) is 17.7 Å². The molecule has 7 heteroatoms. The molecule has 1 aromatic heterocycles. The Hall–Kier alpha value is -1.63. The predicted molar refractivity (Wildman–Crippen MR) is 80.8 cm³/mol. The highest BCUT2D eigenvalue weighted by atomic mass is 79.9. The highest BCUT2D eigenvalue weighted by molar-refractivity contribution is 9.10. The first kappa shape index (κ1) is 15.8. The number of urea groups is 1. The molecule has 2 N–H and O–H groups in total. The van der Waals surface area contributed by atoms with E-state index in [1.165, 1.54) is 0 Å². The van der Waals surface area contributed by atoms with Gasteiger partial charge in [-0.25, -0.2) is 4.79 Å². The van der Waals surface area contributed by atoms with Gasteiger partial charge >= 0.3 is 12.0 Å². The molecule has 1 aliphatic rings. The average molecular weight is 356 g/mol. The van der Waals surface area contributed by atoms with E-state index in [9.17, 15) is 9.59 Å². The van der Waals surface area contributed by atoms with Crippen molar-refractivity contribution in [1.29, 1.82) is 0 Å². The Morgan fingerprint density at radius 2 is 2.10 bits per heavy atom. The molecule has 1 aliphatic heterocycles. The molecule has 2 heterocycles. The molecule has 21 heavy (non-hydrogen) atoms. The number of rotatable bonds is 3. The third-order valence-corrected chi connectivity index (χ3v) is 4.13. The van der Waals surface area contributed by atoms with Crippen LogP contribution in [0.1, 0.15) is 31.5 Å². The smallest absolute Gasteiger partial charge is 0.317 e. The Bertz CT molecular complexity index is 513. The summed E-state index contributed by atoms with van der Waals surface area (Å²) in [5, 5.41) is 11.8. The lowest BCUT2D eigenvalue weighted by Gasteiger charge is -2.31. The fourth-order valence-electron chi connectivity index (χ4n) is 2.32. The van der Waals surface area contributed by atoms with Crippen molar-refractivity contribution < 1.29 is 14.7 Å². The van der Waals surface area contributed by atoms with Gasteiger partial charge in [-0.3, -0.25) is 9.78 Å². The maximum absolute atomic E-state index is 12.2. The van der Waals surface area contributed by atoms with Crippen molar-refractivity contribution >= 4 is 27.9 Å². The van der Waals surface area contributed by atoms with E-state index in [2.05, 4.69) is 26.2 Å². The third-order valence-electron chi connectivity index (χ3n) is 3.67. The van der Waals surface area contributed by atoms with Gasteiger partial charge in [-0.1, -0.05) is 0 Å². The van der Waals surface area contributed by atoms with Gasteiger partial charge in [0.15, 0.2) is 0 Å². The lowest BCUT2D eigenvalue weighted by atomic mass is 9.97. The van der Waals surface area contributed by atoms with Crippen LogP contribution in [-0.4, -0.2) is 40.1 Å². The number of pyridine rings is 1. The molecule has 0 saturated carbocycles. The number of carbonyl (C=O) groups excluding carboxylic acids is 1. The minimum Gasteiger partial charge on any atom is -0.481 e. The Morgan fingerprint density at radius 3 is 2.62 bits per heavy atom. The maximum atomic E-state index is 12.2. The van der Waals surface area contributed by atoms with Gasteiger partial charge in [0.1, 0.15) is 0 Å². The lowest BCUT2D eigenvalue weighted by molar-refractivity contribution is -0.143. The maximum Gasteiger partial charge on any atom is 0.317 e. The topological polar surface area (TPSA) is 82.5 Å². The second-order valence-electron chi connectivity index (χ2n) is 5.17. The summed E-state index contributed by atoms with van der Waals surface area (Å²) >= 11 is 3.32. The number of hydrogen-bond acceptors (Lipinski definition) is 3. The van der Waals surface area contributed by atoms with E-state index >= 15 is 0 Å². The highest BCUT2D eigenvalue weighted by Crippen LogP contribution is 2.18. The zero-order valence-corrected chi connectivity index (χ0v) is 13.3. The normalized spacial score (nSPS) is 17.3. The SMILES string of the molecule is CC(NC(=O)N1CCC(C(=O)O)CC1)c1ccc(Br)cn1. The minimum absolute atomic E-state index is 0.170. The standard InChI is InChI=1S/C14H18BrN3O3/c1-9(12-3-2-11(15)8-16-12)17-14(21)18-6-4-10(5-7-18)13(19)20/h2-3,8-10H,4-7H2,1H3,(H,17,21)(H,19,20). The summed E-state index contributed by atoms with van der Waals surface area (Å²) in [6, 6.07) is 3.37. The number of carboxylic acids is 1. The van der Waals surface area contributed by atoms with E-state index < -0.39 is 5.97 Å². The number of aromatic nitrogens is 1. The lowest BCUT2D eigenvalue weighted by Crippen LogP contribution is -2.46. The van der Waals surface area contributed by atoms with Crippen molar-refractivity contribution in [3.63, 3.8) is 0 Å². The number of halogens is 1. The van der Waals surface area contributed by atoms with E-state index in [4.69, 9.17) is 5.11 Å². The predicted octanol–water partition coefficient (Wildman–Crippen LogP) is 2.41. The van der Waals surface area contributed by atoms with Crippen LogP contribution in [-0.2, 0) is 4.79 Å². The first-order valence-corrected chi connectivity index (χ1v) is 7.66. The van der Waals surface area contributed by atoms with E-state index in [1.54, 1.807) is 11.1 Å². The van der Waals surface area contributed by atoms with E-state index in [0.29, 0.717) is 25.9 Å². The number of piperidine rings is 1. The number of aliphatic carboxylic acids is 1. The van der Waals surface area contributed by atoms with Gasteiger partial charge in [-0.15, -0.1) is 0 Å². The van der Waals surface area contributed by atoms with Gasteiger partial charge in [0.2, 0.25) is 0 Å². The number of likely N-dealkylation sites (tertiary alicyclic amines) is 1. The Morgan fingerprint density at radius 1 is 1.43 bits per heavy atom. The van der Waals surface area contributed by atoms with Crippen LogP contribution in [0.25, 0.3) is 0 Å². The molecule has 0 aromatic carbocycles. The van der Waals surface area contributed by atoms with Gasteiger partial charge in [-0.05, 0) is 47.8 Å². The summed E-state index contributed by atoms with van der Waals surface area (Å²) in [7, 11) is 0. The molecule has 0 bridgehead atoms. The van der Waals surface area contributed by atoms with Crippen LogP contribution < -0.4 is 5.32 Å². The zero-order chi connectivity index (χ0) is 15.4. The van der Waals surface area contributed by atoms with Crippen LogP contribution in [0.4, 0.5) is 4.79 Å². The van der Waals surface area contributed by atoms with Crippen molar-refractivity contribution in [2.45, 2.75) is 25.8 Å². The molecule has 1 unspecified atom stereocenters. The summed E-state index contributed by atoms with van der Waals surface area (Å²) in [5.74, 6) is -1.11. The summed E-state index contributed by atoms with van der Waals surface area (Å²) < 4.78 is 0.889. The molecule has 0 aliphatic carbocycles. The zero-order valence-electron chi connectivity index (χ0n) is 11.8. The molecule has 114 valence electrons. The largest absolute Gasteiger partial charge is 0.481 e. The number of carbonyl (C=O) groups is 2. The first-order valence-electron chi connectivity index (χ1n) is 6.87. The monoisotopic (exact) mass is 355 g/mol. The third kappa shape index (κ3) is 4.17. The molecular weight excluding hydrogens is 338 g/mol. The molecular formula is C14H18BrN3O3. The molecule has 6 nitrogen and oxygen atoms in total. The first-order chi connectivity index (χ1) is 9.97. The summed E-state index contributed by atoms with van der Waals surface area (Å²) in [5.41, 5.74) is 0.784. The fourth-order valence-corrected chi connectivity index (χ4v) is 2.56. The molecule has 1 aromatic rings. The Balaban J connectivity index is 1.87. The number of carboxylic acid groups (broad SMARTS) is 1. The van der Waals surface area contributed by atoms with Crippen LogP contribution in [0.3, 0.4) is 0 Å². The van der Waals surface area contributed by atoms with Crippen molar-refractivity contribution in [1.82, 2.24) is 15.2 Å². The molecule has 0 radical (unpaired) electrons. The second-order valence-corrected chi connectivity index (χ2v) is 6.09. The van der Waals surface area contributed by atoms with Crippen LogP contribution in [0.5, 0.6) is 0 Å². The van der Waals surface area contributed by atoms with Crippen molar-refractivity contribution in [3.8, 4) is 0 Å². The number of nitrogens with zero attached hydrogens (tertiary/aromatic N) is 2. The van der Waals surface area contributed by atoms with Crippen LogP contribution in [0.15, 0.2) is 22.8 Å². The van der Waals surface area contributed by atoms with Crippen molar-refractivity contribution in [2.24, 2.45) is 5.92 Å². The minimum atomic E-state index is -0.775. The van der Waals surface area contributed by atoms with E-state index in [1.807, 2.05) is 19.1 Å². The quantitative estimate of drug-likeness (QED) is 0.871. The summed E-state index contributed by atoms with van der Waals surface area (Å²) in [6.45, 7) is 2.82. The molecule has 1 atom stereocenters. The Labute approximate surface area is 131 Å². The van der Waals surface area contributed by atoms with Crippen LogP contribution in [0, 0.1) is 5.92 Å². The summed E-state index contributed by atoms with van der Waals surface area (Å²) in [6.07, 6.45) is 2.71. The van der Waals surface area contributed by atoms with Crippen LogP contribution in [0.2, 0.25) is 0 Å². The Kier molecular flexibility index (Phi) is 5.17. The van der Waals surface area contributed by atoms with Gasteiger partial charge in [0.25, 0.3) is 0 Å². The average Bonchev–Trinajstić information content (AvgIpc) is 2.47. The van der Waals surface area contributed by atoms with Crippen molar-refractivity contribution in [3.05, 3.63) is 28.5 Å². The summed E-state index contributed by atoms with van der Waals surface area (Å²) in [4.78, 5) is 29.0. The van der Waals surface area contributed by atoms with E-state index in [0.717, 1.165) is 10.2 Å². The number of nitrogens with one attached hydrogen (secondary N) is 1. The molecule has 2 amide bonds. The molecule has 1 fully saturated rings. The van der Waals surface area contributed by atoms with Crippen molar-refractivity contribution in [2.75, 3.05) is 13.1 Å². The van der Waals surface area contributed by atoms with Gasteiger partial charge in [-0.2, -0.15) is 0 Å². The fraction of sp³-hybridized carbons (Fsp3) is 0.500. The van der Waals surface area contributed by atoms with E-state index in [-0.39, 0.29) is 18.0 Å². The van der Waals surface area contributed by atoms with Gasteiger partial charge < -0.3 is 15.3 Å². The van der Waals surface area contributed by atoms with Gasteiger partial charge in [0, 0.05) is 23.8 Å². The molecule has 2 rings (SSSR count). The second kappa shape index (κ2) is 6.89. The number of hydrogen-bond donors (Lipinski definition) is 2. The van der Waals surface area contributed by atoms with Crippen LogP contribution >= 0.6 is 15.9 Å². The molecule has 0 spiro atoms.